The van der Waals surface area contributed by atoms with Gasteiger partial charge in [0.15, 0.2) is 0 Å². The van der Waals surface area contributed by atoms with E-state index in [1.54, 1.807) is 6.92 Å². The largest absolute Gasteiger partial charge is 1.00 e. The van der Waals surface area contributed by atoms with E-state index < -0.39 is 11.2 Å². The minimum atomic E-state index is -1.08. The molecule has 0 bridgehead atoms. The number of carboxylic acid groups (broad SMARTS) is 1. The minimum absolute atomic E-state index is 0. The van der Waals surface area contributed by atoms with Gasteiger partial charge in [-0.3, -0.25) is 0 Å². The first kappa shape index (κ1) is 15.7. The minimum Gasteiger partial charge on any atom is -0.549 e. The molecule has 0 aromatic carbocycles. The smallest absolute Gasteiger partial charge is 0.549 e. The zero-order chi connectivity index (χ0) is 10.6. The fraction of sp³-hybridized carbons (Fsp3) is 0.750. The third kappa shape index (κ3) is 5.51. The number of carbonyl (C=O) groups is 1. The van der Waals surface area contributed by atoms with Gasteiger partial charge in [-0.25, -0.2) is 0 Å². The van der Waals surface area contributed by atoms with Crippen LogP contribution in [0.5, 0.6) is 0 Å². The fourth-order valence-electron chi connectivity index (χ4n) is 1.02. The molecule has 1 saturated heterocycles. The number of carboxylic acids is 1. The normalized spacial score (nSPS) is 17.8. The molecule has 0 aromatic heterocycles. The third-order valence-electron chi connectivity index (χ3n) is 1.88. The molecule has 0 amide bonds. The Labute approximate surface area is 121 Å². The van der Waals surface area contributed by atoms with Crippen LogP contribution in [0.15, 0.2) is 0 Å². The van der Waals surface area contributed by atoms with Gasteiger partial charge in [-0.15, -0.1) is 0 Å². The van der Waals surface area contributed by atoms with E-state index in [1.807, 2.05) is 4.90 Å². The number of ether oxygens (including phenoxy) is 1. The summed E-state index contributed by atoms with van der Waals surface area (Å²) >= 11 is 6.27. The molecule has 0 aromatic rings. The van der Waals surface area contributed by atoms with Gasteiger partial charge in [0.1, 0.15) is 4.32 Å². The van der Waals surface area contributed by atoms with Crippen LogP contribution in [0.1, 0.15) is 6.92 Å². The van der Waals surface area contributed by atoms with Crippen LogP contribution in [0.2, 0.25) is 0 Å². The molecule has 1 rings (SSSR count). The van der Waals surface area contributed by atoms with E-state index in [1.165, 1.54) is 0 Å². The van der Waals surface area contributed by atoms with Crippen LogP contribution >= 0.6 is 24.0 Å². The van der Waals surface area contributed by atoms with Gasteiger partial charge in [0, 0.05) is 18.3 Å². The Kier molecular flexibility index (Phi) is 8.22. The summed E-state index contributed by atoms with van der Waals surface area (Å²) in [5.41, 5.74) is 0. The van der Waals surface area contributed by atoms with Crippen LogP contribution in [0.3, 0.4) is 0 Å². The van der Waals surface area contributed by atoms with Gasteiger partial charge >= 0.3 is 29.6 Å². The second-order valence-corrected chi connectivity index (χ2v) is 4.92. The third-order valence-corrected chi connectivity index (χ3v) is 3.43. The first-order valence-electron chi connectivity index (χ1n) is 4.35. The Morgan fingerprint density at radius 1 is 1.53 bits per heavy atom. The van der Waals surface area contributed by atoms with Crippen molar-refractivity contribution in [1.82, 2.24) is 4.90 Å². The number of hydrogen-bond donors (Lipinski definition) is 0. The van der Waals surface area contributed by atoms with Gasteiger partial charge in [0.05, 0.1) is 19.2 Å². The molecular weight excluding hydrogens is 245 g/mol. The molecule has 0 N–H and O–H groups in total. The molecule has 7 heteroatoms. The molecule has 1 heterocycles. The summed E-state index contributed by atoms with van der Waals surface area (Å²) in [6.07, 6.45) is 0. The van der Waals surface area contributed by atoms with E-state index in [-0.39, 0.29) is 29.6 Å². The van der Waals surface area contributed by atoms with Gasteiger partial charge in [0.2, 0.25) is 0 Å². The van der Waals surface area contributed by atoms with Gasteiger partial charge in [-0.2, -0.15) is 0 Å². The Bertz CT molecular complexity index is 234. The number of thioether (sulfide) groups is 1. The van der Waals surface area contributed by atoms with E-state index in [2.05, 4.69) is 0 Å². The molecule has 0 spiro atoms. The van der Waals surface area contributed by atoms with Crippen molar-refractivity contribution in [1.29, 1.82) is 0 Å². The zero-order valence-corrected chi connectivity index (χ0v) is 12.5. The molecule has 0 radical (unpaired) electrons. The van der Waals surface area contributed by atoms with E-state index >= 15 is 0 Å². The number of aliphatic carboxylic acids is 1. The Balaban J connectivity index is 0.00000196. The Morgan fingerprint density at radius 2 is 2.07 bits per heavy atom. The van der Waals surface area contributed by atoms with Crippen LogP contribution < -0.4 is 34.7 Å². The number of nitrogens with zero attached hydrogens (tertiary/aromatic N) is 1. The van der Waals surface area contributed by atoms with E-state index in [0.29, 0.717) is 17.5 Å². The van der Waals surface area contributed by atoms with Gasteiger partial charge in [-0.1, -0.05) is 24.0 Å². The maximum atomic E-state index is 10.5. The number of hydrogen-bond acceptors (Lipinski definition) is 5. The number of thiocarbonyl (C=S) groups is 1. The molecule has 1 unspecified atom stereocenters. The summed E-state index contributed by atoms with van der Waals surface area (Å²) in [6, 6.07) is 0. The summed E-state index contributed by atoms with van der Waals surface area (Å²) < 4.78 is 5.78. The van der Waals surface area contributed by atoms with Crippen LogP contribution in [0, 0.1) is 0 Å². The SMILES string of the molecule is CC(SC(=S)N1CCOCC1)C(=O)[O-].[Na+]. The van der Waals surface area contributed by atoms with Gasteiger partial charge in [0.25, 0.3) is 0 Å². The standard InChI is InChI=1S/C8H13NO3S2.Na/c1-6(7(10)11)14-8(13)9-2-4-12-5-3-9;/h6H,2-5H2,1H3,(H,10,11);/q;+1/p-1. The molecule has 4 nitrogen and oxygen atoms in total. The molecule has 1 aliphatic rings. The molecule has 0 saturated carbocycles. The fourth-order valence-corrected chi connectivity index (χ4v) is 2.37. The summed E-state index contributed by atoms with van der Waals surface area (Å²) in [6.45, 7) is 4.37. The number of morpholine rings is 1. The molecule has 1 atom stereocenters. The summed E-state index contributed by atoms with van der Waals surface area (Å²) in [7, 11) is 0. The molecular formula is C8H12NNaO3S2. The summed E-state index contributed by atoms with van der Waals surface area (Å²) in [5, 5.41) is 9.89. The van der Waals surface area contributed by atoms with Crippen molar-refractivity contribution in [3.63, 3.8) is 0 Å². The first-order chi connectivity index (χ1) is 6.61. The average Bonchev–Trinajstić information content (AvgIpc) is 2.19. The second-order valence-electron chi connectivity index (χ2n) is 2.94. The Hall–Kier alpha value is 0.670. The molecule has 15 heavy (non-hydrogen) atoms. The maximum Gasteiger partial charge on any atom is 1.00 e. The topological polar surface area (TPSA) is 52.6 Å². The predicted molar refractivity (Wildman–Crippen MR) is 57.1 cm³/mol. The molecule has 1 fully saturated rings. The van der Waals surface area contributed by atoms with Crippen LogP contribution in [-0.4, -0.2) is 46.7 Å². The quantitative estimate of drug-likeness (QED) is 0.378. The van der Waals surface area contributed by atoms with Crippen molar-refractivity contribution in [3.8, 4) is 0 Å². The van der Waals surface area contributed by atoms with Gasteiger partial charge in [-0.05, 0) is 6.92 Å². The average molecular weight is 257 g/mol. The second kappa shape index (κ2) is 7.86. The van der Waals surface area contributed by atoms with Crippen LogP contribution in [-0.2, 0) is 9.53 Å². The van der Waals surface area contributed by atoms with Crippen molar-refractivity contribution in [3.05, 3.63) is 0 Å². The van der Waals surface area contributed by atoms with E-state index in [4.69, 9.17) is 17.0 Å². The number of rotatable bonds is 2. The maximum absolute atomic E-state index is 10.5. The van der Waals surface area contributed by atoms with Crippen molar-refractivity contribution in [2.24, 2.45) is 0 Å². The predicted octanol–water partition coefficient (Wildman–Crippen LogP) is -3.52. The van der Waals surface area contributed by atoms with Gasteiger partial charge < -0.3 is 19.5 Å². The Morgan fingerprint density at radius 3 is 2.53 bits per heavy atom. The van der Waals surface area contributed by atoms with Crippen molar-refractivity contribution in [2.75, 3.05) is 26.3 Å². The molecule has 1 aliphatic heterocycles. The van der Waals surface area contributed by atoms with E-state index in [0.717, 1.165) is 24.9 Å². The summed E-state index contributed by atoms with van der Waals surface area (Å²) in [5.74, 6) is -1.08. The van der Waals surface area contributed by atoms with Crippen molar-refractivity contribution >= 4 is 34.3 Å². The van der Waals surface area contributed by atoms with Crippen molar-refractivity contribution in [2.45, 2.75) is 12.2 Å². The van der Waals surface area contributed by atoms with E-state index in [9.17, 15) is 9.90 Å². The molecule has 0 aliphatic carbocycles. The van der Waals surface area contributed by atoms with Crippen LogP contribution in [0.25, 0.3) is 0 Å². The first-order valence-corrected chi connectivity index (χ1v) is 5.64. The molecule has 80 valence electrons. The zero-order valence-electron chi connectivity index (χ0n) is 8.89. The van der Waals surface area contributed by atoms with Crippen LogP contribution in [0.4, 0.5) is 0 Å². The monoisotopic (exact) mass is 257 g/mol. The van der Waals surface area contributed by atoms with Crippen molar-refractivity contribution < 1.29 is 44.2 Å². The summed E-state index contributed by atoms with van der Waals surface area (Å²) in [4.78, 5) is 12.4. The number of carbonyl (C=O) groups excluding carboxylic acids is 1.